The van der Waals surface area contributed by atoms with E-state index in [9.17, 15) is 0 Å². The van der Waals surface area contributed by atoms with Crippen LogP contribution in [0.4, 0.5) is 0 Å². The van der Waals surface area contributed by atoms with Gasteiger partial charge in [0.15, 0.2) is 0 Å². The molecule has 1 aliphatic heterocycles. The first-order valence-corrected chi connectivity index (χ1v) is 6.98. The third-order valence-corrected chi connectivity index (χ3v) is 4.85. The summed E-state index contributed by atoms with van der Waals surface area (Å²) in [5, 5.41) is 0. The van der Waals surface area contributed by atoms with Crippen molar-refractivity contribution in [3.05, 3.63) is 11.8 Å². The molecule has 1 aromatic heterocycles. The Bertz CT molecular complexity index is 423. The summed E-state index contributed by atoms with van der Waals surface area (Å²) < 4.78 is 17.6. The Balaban J connectivity index is 1.81. The predicted octanol–water partition coefficient (Wildman–Crippen LogP) is 2.32. The van der Waals surface area contributed by atoms with Crippen LogP contribution in [0.2, 0.25) is 0 Å². The van der Waals surface area contributed by atoms with Gasteiger partial charge in [-0.25, -0.2) is 0 Å². The topological polar surface area (TPSA) is 31.4 Å². The third-order valence-electron chi connectivity index (χ3n) is 4.03. The first-order chi connectivity index (χ1) is 7.89. The Morgan fingerprint density at radius 2 is 1.82 bits per heavy atom. The average molecular weight is 251 g/mol. The highest BCUT2D eigenvalue weighted by molar-refractivity contribution is 7.17. The Morgan fingerprint density at radius 3 is 2.35 bits per heavy atom. The Morgan fingerprint density at radius 1 is 1.24 bits per heavy atom. The van der Waals surface area contributed by atoms with Crippen LogP contribution in [-0.2, 0) is 9.31 Å². The van der Waals surface area contributed by atoms with E-state index in [0.717, 1.165) is 4.78 Å². The van der Waals surface area contributed by atoms with Crippen molar-refractivity contribution in [2.24, 2.45) is 0 Å². The molecule has 0 unspecified atom stereocenters. The van der Waals surface area contributed by atoms with Crippen LogP contribution in [0.1, 0.15) is 52.1 Å². The third kappa shape index (κ3) is 1.94. The van der Waals surface area contributed by atoms with Gasteiger partial charge in [-0.3, -0.25) is 0 Å². The molecule has 2 heterocycles. The number of nitrogens with zero attached hydrogens (tertiary/aromatic N) is 1. The van der Waals surface area contributed by atoms with E-state index in [0.29, 0.717) is 5.92 Å². The van der Waals surface area contributed by atoms with E-state index in [2.05, 4.69) is 38.1 Å². The van der Waals surface area contributed by atoms with Crippen molar-refractivity contribution in [1.29, 1.82) is 0 Å². The van der Waals surface area contributed by atoms with Crippen LogP contribution < -0.4 is 4.78 Å². The molecule has 3 nitrogen and oxygen atoms in total. The van der Waals surface area contributed by atoms with Crippen molar-refractivity contribution in [2.75, 3.05) is 0 Å². The highest BCUT2D eigenvalue weighted by Crippen LogP contribution is 2.40. The molecule has 1 aromatic rings. The van der Waals surface area contributed by atoms with Crippen molar-refractivity contribution in [3.63, 3.8) is 0 Å². The fourth-order valence-electron chi connectivity index (χ4n) is 1.95. The van der Waals surface area contributed by atoms with Gasteiger partial charge >= 0.3 is 7.12 Å². The lowest BCUT2D eigenvalue weighted by molar-refractivity contribution is 0.00578. The Kier molecular flexibility index (Phi) is 2.45. The summed E-state index contributed by atoms with van der Waals surface area (Å²) in [7, 11) is -0.245. The predicted molar refractivity (Wildman–Crippen MR) is 69.8 cm³/mol. The second kappa shape index (κ2) is 3.56. The van der Waals surface area contributed by atoms with Crippen molar-refractivity contribution in [3.8, 4) is 0 Å². The van der Waals surface area contributed by atoms with Gasteiger partial charge in [-0.2, -0.15) is 4.37 Å². The number of hydrogen-bond donors (Lipinski definition) is 0. The molecule has 0 N–H and O–H groups in total. The molecule has 0 bridgehead atoms. The van der Waals surface area contributed by atoms with E-state index < -0.39 is 0 Å². The molecule has 1 saturated heterocycles. The lowest BCUT2D eigenvalue weighted by atomic mass is 9.87. The van der Waals surface area contributed by atoms with E-state index in [1.807, 2.05) is 0 Å². The van der Waals surface area contributed by atoms with Crippen LogP contribution in [0, 0.1) is 0 Å². The zero-order valence-corrected chi connectivity index (χ0v) is 11.6. The molecule has 0 radical (unpaired) electrons. The summed E-state index contributed by atoms with van der Waals surface area (Å²) in [4.78, 5) is 0. The van der Waals surface area contributed by atoms with E-state index >= 15 is 0 Å². The monoisotopic (exact) mass is 251 g/mol. The molecular weight excluding hydrogens is 233 g/mol. The van der Waals surface area contributed by atoms with Gasteiger partial charge < -0.3 is 9.31 Å². The van der Waals surface area contributed by atoms with Gasteiger partial charge in [0.25, 0.3) is 0 Å². The first kappa shape index (κ1) is 11.7. The molecule has 0 atom stereocenters. The minimum absolute atomic E-state index is 0.245. The maximum Gasteiger partial charge on any atom is 0.507 e. The van der Waals surface area contributed by atoms with Gasteiger partial charge in [0.1, 0.15) is 0 Å². The molecule has 17 heavy (non-hydrogen) atoms. The van der Waals surface area contributed by atoms with Crippen LogP contribution in [0.3, 0.4) is 0 Å². The smallest absolute Gasteiger partial charge is 0.399 e. The second-order valence-electron chi connectivity index (χ2n) is 6.02. The fourth-order valence-corrected chi connectivity index (χ4v) is 2.71. The summed E-state index contributed by atoms with van der Waals surface area (Å²) in [6, 6.07) is 2.16. The van der Waals surface area contributed by atoms with Crippen LogP contribution in [0.5, 0.6) is 0 Å². The summed E-state index contributed by atoms with van der Waals surface area (Å²) in [6.07, 6.45) is 2.57. The van der Waals surface area contributed by atoms with Gasteiger partial charge in [0, 0.05) is 5.92 Å². The van der Waals surface area contributed by atoms with Crippen LogP contribution in [0.15, 0.2) is 6.07 Å². The maximum atomic E-state index is 6.01. The van der Waals surface area contributed by atoms with Gasteiger partial charge in [-0.1, -0.05) is 0 Å². The van der Waals surface area contributed by atoms with Crippen LogP contribution in [-0.4, -0.2) is 22.7 Å². The molecule has 5 heteroatoms. The zero-order chi connectivity index (χ0) is 12.3. The van der Waals surface area contributed by atoms with E-state index in [4.69, 9.17) is 9.31 Å². The highest BCUT2D eigenvalue weighted by atomic mass is 32.1. The Labute approximate surface area is 107 Å². The van der Waals surface area contributed by atoms with Crippen LogP contribution >= 0.6 is 11.5 Å². The molecule has 2 fully saturated rings. The fraction of sp³-hybridized carbons (Fsp3) is 0.750. The Hall–Kier alpha value is -0.385. The molecule has 0 amide bonds. The van der Waals surface area contributed by atoms with E-state index in [-0.39, 0.29) is 18.3 Å². The van der Waals surface area contributed by atoms with Crippen molar-refractivity contribution in [2.45, 2.75) is 57.7 Å². The SMILES string of the molecule is CC1(C)OB(c2cc(C3CC3)ns2)OC1(C)C. The molecule has 1 saturated carbocycles. The maximum absolute atomic E-state index is 6.01. The van der Waals surface area contributed by atoms with E-state index in [1.165, 1.54) is 30.1 Å². The van der Waals surface area contributed by atoms with Crippen molar-refractivity contribution < 1.29 is 9.31 Å². The van der Waals surface area contributed by atoms with Gasteiger partial charge in [-0.05, 0) is 58.1 Å². The summed E-state index contributed by atoms with van der Waals surface area (Å²) in [5.74, 6) is 0.697. The first-order valence-electron chi connectivity index (χ1n) is 6.21. The number of rotatable bonds is 2. The van der Waals surface area contributed by atoms with Gasteiger partial charge in [-0.15, -0.1) is 0 Å². The molecule has 2 aliphatic rings. The molecule has 0 aromatic carbocycles. The summed E-state index contributed by atoms with van der Waals surface area (Å²) in [6.45, 7) is 8.32. The molecular formula is C12H18BNO2S. The molecule has 0 spiro atoms. The average Bonchev–Trinajstić information content (AvgIpc) is 2.89. The minimum atomic E-state index is -0.262. The molecule has 92 valence electrons. The lowest BCUT2D eigenvalue weighted by Crippen LogP contribution is -2.41. The molecule has 3 rings (SSSR count). The highest BCUT2D eigenvalue weighted by Gasteiger charge is 2.52. The van der Waals surface area contributed by atoms with Gasteiger partial charge in [0.05, 0.1) is 21.7 Å². The number of hydrogen-bond acceptors (Lipinski definition) is 4. The van der Waals surface area contributed by atoms with Crippen molar-refractivity contribution in [1.82, 2.24) is 4.37 Å². The van der Waals surface area contributed by atoms with Gasteiger partial charge in [0.2, 0.25) is 0 Å². The minimum Gasteiger partial charge on any atom is -0.399 e. The lowest BCUT2D eigenvalue weighted by Gasteiger charge is -2.32. The zero-order valence-electron chi connectivity index (χ0n) is 10.8. The quantitative estimate of drug-likeness (QED) is 0.756. The summed E-state index contributed by atoms with van der Waals surface area (Å²) in [5.41, 5.74) is 0.697. The normalized spacial score (nSPS) is 26.5. The second-order valence-corrected chi connectivity index (χ2v) is 6.85. The summed E-state index contributed by atoms with van der Waals surface area (Å²) >= 11 is 1.52. The molecule has 1 aliphatic carbocycles. The van der Waals surface area contributed by atoms with E-state index in [1.54, 1.807) is 0 Å². The largest absolute Gasteiger partial charge is 0.507 e. The van der Waals surface area contributed by atoms with Crippen molar-refractivity contribution >= 4 is 23.4 Å². The van der Waals surface area contributed by atoms with Crippen LogP contribution in [0.25, 0.3) is 0 Å². The number of aromatic nitrogens is 1. The standard InChI is InChI=1S/C12H18BNO2S/c1-11(2)12(3,4)16-13(15-11)10-7-9(14-17-10)8-5-6-8/h7-8H,5-6H2,1-4H3.